The molecule has 6 nitrogen and oxygen atoms in total. The molecule has 0 amide bonds. The number of benzene rings is 2. The van der Waals surface area contributed by atoms with Gasteiger partial charge in [0.1, 0.15) is 0 Å². The minimum Gasteiger partial charge on any atom is -0.504 e. The zero-order chi connectivity index (χ0) is 17.8. The molecule has 0 bridgehead atoms. The van der Waals surface area contributed by atoms with Crippen molar-refractivity contribution < 1.29 is 14.4 Å². The van der Waals surface area contributed by atoms with E-state index in [9.17, 15) is 5.11 Å². The van der Waals surface area contributed by atoms with Gasteiger partial charge in [0.25, 0.3) is 5.89 Å². The van der Waals surface area contributed by atoms with Crippen LogP contribution in [0.15, 0.2) is 47.0 Å². The minimum atomic E-state index is 0.0483. The second-order valence-corrected chi connectivity index (χ2v) is 5.97. The number of aromatic hydroxyl groups is 1. The molecule has 0 atom stereocenters. The first kappa shape index (κ1) is 17.0. The number of ether oxygens (including phenoxy) is 1. The zero-order valence-corrected chi connectivity index (χ0v) is 14.6. The van der Waals surface area contributed by atoms with Gasteiger partial charge in [-0.25, -0.2) is 0 Å². The lowest BCUT2D eigenvalue weighted by Crippen LogP contribution is -2.10. The molecule has 0 spiro atoms. The summed E-state index contributed by atoms with van der Waals surface area (Å²) in [5.74, 6) is 1.35. The van der Waals surface area contributed by atoms with Gasteiger partial charge in [0, 0.05) is 17.7 Å². The fourth-order valence-electron chi connectivity index (χ4n) is 2.51. The Kier molecular flexibility index (Phi) is 5.00. The van der Waals surface area contributed by atoms with Crippen LogP contribution in [-0.4, -0.2) is 40.8 Å². The number of hydrogen-bond acceptors (Lipinski definition) is 6. The van der Waals surface area contributed by atoms with E-state index in [1.54, 1.807) is 18.2 Å². The monoisotopic (exact) mass is 339 g/mol. The van der Waals surface area contributed by atoms with Crippen LogP contribution in [0.3, 0.4) is 0 Å². The first-order valence-corrected chi connectivity index (χ1v) is 8.10. The molecule has 0 aliphatic heterocycles. The Morgan fingerprint density at radius 2 is 1.80 bits per heavy atom. The average molecular weight is 339 g/mol. The van der Waals surface area contributed by atoms with E-state index in [0.29, 0.717) is 29.6 Å². The van der Waals surface area contributed by atoms with Gasteiger partial charge in [-0.1, -0.05) is 29.4 Å². The lowest BCUT2D eigenvalue weighted by Gasteiger charge is -2.09. The van der Waals surface area contributed by atoms with E-state index >= 15 is 0 Å². The van der Waals surface area contributed by atoms with Crippen LogP contribution in [0.25, 0.3) is 22.8 Å². The fourth-order valence-corrected chi connectivity index (χ4v) is 2.51. The Balaban J connectivity index is 1.81. The molecule has 130 valence electrons. The smallest absolute Gasteiger partial charge is 0.258 e. The molecule has 1 aromatic heterocycles. The molecule has 6 heteroatoms. The molecular formula is C19H21N3O3. The largest absolute Gasteiger partial charge is 0.504 e. The Hall–Kier alpha value is -2.86. The summed E-state index contributed by atoms with van der Waals surface area (Å²) in [6.07, 6.45) is 0. The van der Waals surface area contributed by atoms with E-state index in [-0.39, 0.29) is 5.75 Å². The van der Waals surface area contributed by atoms with Crippen LogP contribution in [0.4, 0.5) is 0 Å². The van der Waals surface area contributed by atoms with Gasteiger partial charge >= 0.3 is 0 Å². The van der Waals surface area contributed by atoms with Crippen LogP contribution >= 0.6 is 0 Å². The maximum absolute atomic E-state index is 9.99. The van der Waals surface area contributed by atoms with Crippen molar-refractivity contribution in [2.75, 3.05) is 20.7 Å². The lowest BCUT2D eigenvalue weighted by molar-refractivity contribution is 0.318. The standard InChI is InChI=1S/C19H21N3O3/c1-4-24-17-10-9-15(11-16(17)23)19-20-18(21-25-19)14-7-5-13(6-8-14)12-22(2)3/h5-11,23H,4,12H2,1-3H3. The average Bonchev–Trinajstić information content (AvgIpc) is 3.07. The SMILES string of the molecule is CCOc1ccc(-c2nc(-c3ccc(CN(C)C)cc3)no2)cc1O. The number of rotatable bonds is 6. The van der Waals surface area contributed by atoms with E-state index < -0.39 is 0 Å². The van der Waals surface area contributed by atoms with Crippen LogP contribution < -0.4 is 4.74 Å². The van der Waals surface area contributed by atoms with Crippen molar-refractivity contribution >= 4 is 0 Å². The van der Waals surface area contributed by atoms with E-state index in [0.717, 1.165) is 12.1 Å². The third-order valence-electron chi connectivity index (χ3n) is 3.64. The van der Waals surface area contributed by atoms with E-state index in [2.05, 4.69) is 15.0 Å². The molecule has 0 saturated carbocycles. The van der Waals surface area contributed by atoms with Crippen LogP contribution in [0.5, 0.6) is 11.5 Å². The Bertz CT molecular complexity index is 841. The lowest BCUT2D eigenvalue weighted by atomic mass is 10.1. The predicted molar refractivity (Wildman–Crippen MR) is 95.4 cm³/mol. The summed E-state index contributed by atoms with van der Waals surface area (Å²) in [5.41, 5.74) is 2.74. The van der Waals surface area contributed by atoms with Crippen molar-refractivity contribution in [3.8, 4) is 34.3 Å². The van der Waals surface area contributed by atoms with Crippen LogP contribution in [0.2, 0.25) is 0 Å². The molecule has 0 unspecified atom stereocenters. The number of phenols is 1. The Morgan fingerprint density at radius 3 is 2.44 bits per heavy atom. The molecule has 0 aliphatic rings. The van der Waals surface area contributed by atoms with Gasteiger partial charge in [0.05, 0.1) is 6.61 Å². The third-order valence-corrected chi connectivity index (χ3v) is 3.64. The fraction of sp³-hybridized carbons (Fsp3) is 0.263. The number of aromatic nitrogens is 2. The summed E-state index contributed by atoms with van der Waals surface area (Å²) in [5, 5.41) is 14.0. The summed E-state index contributed by atoms with van der Waals surface area (Å²) in [6, 6.07) is 13.1. The second kappa shape index (κ2) is 7.36. The second-order valence-electron chi connectivity index (χ2n) is 5.97. The Morgan fingerprint density at radius 1 is 1.08 bits per heavy atom. The predicted octanol–water partition coefficient (Wildman–Crippen LogP) is 3.57. The molecule has 0 fully saturated rings. The first-order chi connectivity index (χ1) is 12.1. The molecule has 0 radical (unpaired) electrons. The quantitative estimate of drug-likeness (QED) is 0.740. The van der Waals surface area contributed by atoms with Crippen molar-refractivity contribution in [1.29, 1.82) is 0 Å². The van der Waals surface area contributed by atoms with Gasteiger partial charge in [-0.2, -0.15) is 4.98 Å². The highest BCUT2D eigenvalue weighted by molar-refractivity contribution is 5.62. The van der Waals surface area contributed by atoms with Gasteiger partial charge < -0.3 is 19.3 Å². The molecule has 3 aromatic rings. The van der Waals surface area contributed by atoms with E-state index in [1.807, 2.05) is 45.3 Å². The normalized spacial score (nSPS) is 11.0. The van der Waals surface area contributed by atoms with Crippen molar-refractivity contribution in [3.05, 3.63) is 48.0 Å². The van der Waals surface area contributed by atoms with Crippen molar-refractivity contribution in [2.24, 2.45) is 0 Å². The minimum absolute atomic E-state index is 0.0483. The number of hydrogen-bond donors (Lipinski definition) is 1. The molecule has 3 rings (SSSR count). The highest BCUT2D eigenvalue weighted by Gasteiger charge is 2.13. The maximum atomic E-state index is 9.99. The molecule has 2 aromatic carbocycles. The zero-order valence-electron chi connectivity index (χ0n) is 14.6. The Labute approximate surface area is 146 Å². The van der Waals surface area contributed by atoms with Crippen LogP contribution in [0, 0.1) is 0 Å². The van der Waals surface area contributed by atoms with Gasteiger partial charge in [-0.3, -0.25) is 0 Å². The molecular weight excluding hydrogens is 318 g/mol. The summed E-state index contributed by atoms with van der Waals surface area (Å²) in [4.78, 5) is 6.53. The van der Waals surface area contributed by atoms with Crippen molar-refractivity contribution in [3.63, 3.8) is 0 Å². The van der Waals surface area contributed by atoms with Crippen molar-refractivity contribution in [1.82, 2.24) is 15.0 Å². The van der Waals surface area contributed by atoms with E-state index in [4.69, 9.17) is 9.26 Å². The summed E-state index contributed by atoms with van der Waals surface area (Å²) >= 11 is 0. The van der Waals surface area contributed by atoms with Crippen LogP contribution in [0.1, 0.15) is 12.5 Å². The topological polar surface area (TPSA) is 71.6 Å². The highest BCUT2D eigenvalue weighted by Crippen LogP contribution is 2.31. The van der Waals surface area contributed by atoms with Gasteiger partial charge in [0.2, 0.25) is 5.82 Å². The number of nitrogens with zero attached hydrogens (tertiary/aromatic N) is 3. The molecule has 0 saturated heterocycles. The summed E-state index contributed by atoms with van der Waals surface area (Å²) in [7, 11) is 4.07. The van der Waals surface area contributed by atoms with Crippen molar-refractivity contribution in [2.45, 2.75) is 13.5 Å². The molecule has 1 heterocycles. The summed E-state index contributed by atoms with van der Waals surface area (Å²) < 4.78 is 10.7. The first-order valence-electron chi connectivity index (χ1n) is 8.10. The van der Waals surface area contributed by atoms with E-state index in [1.165, 1.54) is 5.56 Å². The molecule has 0 aliphatic carbocycles. The van der Waals surface area contributed by atoms with Gasteiger partial charge in [-0.05, 0) is 44.8 Å². The van der Waals surface area contributed by atoms with Crippen LogP contribution in [-0.2, 0) is 6.54 Å². The molecule has 25 heavy (non-hydrogen) atoms. The maximum Gasteiger partial charge on any atom is 0.258 e. The third kappa shape index (κ3) is 3.97. The van der Waals surface area contributed by atoms with Gasteiger partial charge in [-0.15, -0.1) is 0 Å². The van der Waals surface area contributed by atoms with Gasteiger partial charge in [0.15, 0.2) is 11.5 Å². The summed E-state index contributed by atoms with van der Waals surface area (Å²) in [6.45, 7) is 3.23. The molecule has 1 N–H and O–H groups in total. The highest BCUT2D eigenvalue weighted by atomic mass is 16.5. The number of phenolic OH excluding ortho intramolecular Hbond substituents is 1.